The highest BCUT2D eigenvalue weighted by atomic mass is 16.2. The number of aryl methyl sites for hydroxylation is 1. The molecule has 1 aliphatic heterocycles. The number of carbonyl (C=O) groups excluding carboxylic acids is 1. The topological polar surface area (TPSA) is 41.1 Å². The Morgan fingerprint density at radius 3 is 2.88 bits per heavy atom. The van der Waals surface area contributed by atoms with E-state index in [1.54, 1.807) is 0 Å². The minimum Gasteiger partial charge on any atom is -0.324 e. The maximum atomic E-state index is 11.9. The molecule has 1 aromatic rings. The second kappa shape index (κ2) is 5.12. The van der Waals surface area contributed by atoms with Crippen LogP contribution in [0.2, 0.25) is 0 Å². The number of piperidine rings is 1. The van der Waals surface area contributed by atoms with Gasteiger partial charge in [-0.25, -0.2) is 0 Å². The predicted molar refractivity (Wildman–Crippen MR) is 65.5 cm³/mol. The van der Waals surface area contributed by atoms with Crippen molar-refractivity contribution in [1.82, 2.24) is 5.32 Å². The molecule has 1 heterocycles. The highest BCUT2D eigenvalue weighted by Gasteiger charge is 2.20. The van der Waals surface area contributed by atoms with Crippen LogP contribution in [0.4, 0.5) is 5.69 Å². The van der Waals surface area contributed by atoms with Crippen molar-refractivity contribution in [2.24, 2.45) is 0 Å². The Morgan fingerprint density at radius 1 is 1.38 bits per heavy atom. The lowest BCUT2D eigenvalue weighted by Gasteiger charge is -2.22. The molecule has 86 valence electrons. The normalized spacial score (nSPS) is 20.4. The first-order valence-corrected chi connectivity index (χ1v) is 5.87. The largest absolute Gasteiger partial charge is 0.324 e. The van der Waals surface area contributed by atoms with Crippen LogP contribution in [0.3, 0.4) is 0 Å². The van der Waals surface area contributed by atoms with Gasteiger partial charge in [-0.05, 0) is 37.9 Å². The van der Waals surface area contributed by atoms with Crippen LogP contribution in [-0.2, 0) is 4.79 Å². The fourth-order valence-electron chi connectivity index (χ4n) is 2.01. The van der Waals surface area contributed by atoms with Gasteiger partial charge in [0, 0.05) is 5.69 Å². The number of amides is 1. The third kappa shape index (κ3) is 2.61. The first kappa shape index (κ1) is 11.1. The van der Waals surface area contributed by atoms with Crippen LogP contribution >= 0.6 is 0 Å². The summed E-state index contributed by atoms with van der Waals surface area (Å²) in [7, 11) is 0. The summed E-state index contributed by atoms with van der Waals surface area (Å²) in [5, 5.41) is 6.22. The Kier molecular flexibility index (Phi) is 3.57. The minimum absolute atomic E-state index is 0.0200. The minimum atomic E-state index is -0.0200. The molecule has 1 fully saturated rings. The number of anilines is 1. The molecule has 1 aromatic carbocycles. The van der Waals surface area contributed by atoms with E-state index in [9.17, 15) is 4.79 Å². The molecular formula is C13H18N2O. The van der Waals surface area contributed by atoms with Crippen molar-refractivity contribution in [2.45, 2.75) is 32.2 Å². The molecule has 2 N–H and O–H groups in total. The van der Waals surface area contributed by atoms with Gasteiger partial charge in [0.25, 0.3) is 0 Å². The first-order valence-electron chi connectivity index (χ1n) is 5.87. The van der Waals surface area contributed by atoms with E-state index in [1.807, 2.05) is 31.2 Å². The van der Waals surface area contributed by atoms with Gasteiger partial charge in [0.05, 0.1) is 6.04 Å². The predicted octanol–water partition coefficient (Wildman–Crippen LogP) is 2.08. The van der Waals surface area contributed by atoms with Gasteiger partial charge in [-0.3, -0.25) is 4.79 Å². The molecular weight excluding hydrogens is 200 g/mol. The van der Waals surface area contributed by atoms with Gasteiger partial charge in [0.2, 0.25) is 5.91 Å². The lowest BCUT2D eigenvalue weighted by molar-refractivity contribution is -0.118. The van der Waals surface area contributed by atoms with E-state index in [1.165, 1.54) is 6.42 Å². The molecule has 3 nitrogen and oxygen atoms in total. The van der Waals surface area contributed by atoms with Gasteiger partial charge in [0.15, 0.2) is 0 Å². The lowest BCUT2D eigenvalue weighted by atomic mass is 10.0. The first-order chi connectivity index (χ1) is 7.77. The Labute approximate surface area is 96.2 Å². The van der Waals surface area contributed by atoms with Crippen molar-refractivity contribution in [1.29, 1.82) is 0 Å². The Morgan fingerprint density at radius 2 is 2.19 bits per heavy atom. The molecule has 0 spiro atoms. The molecule has 0 aromatic heterocycles. The number of benzene rings is 1. The number of nitrogens with one attached hydrogen (secondary N) is 2. The number of hydrogen-bond donors (Lipinski definition) is 2. The molecule has 0 aliphatic carbocycles. The molecule has 2 rings (SSSR count). The van der Waals surface area contributed by atoms with Gasteiger partial charge in [-0.2, -0.15) is 0 Å². The molecule has 1 aliphatic rings. The number of rotatable bonds is 2. The maximum Gasteiger partial charge on any atom is 0.241 e. The van der Waals surface area contributed by atoms with Crippen molar-refractivity contribution < 1.29 is 4.79 Å². The summed E-state index contributed by atoms with van der Waals surface area (Å²) in [4.78, 5) is 11.9. The highest BCUT2D eigenvalue weighted by Crippen LogP contribution is 2.15. The summed E-state index contributed by atoms with van der Waals surface area (Å²) < 4.78 is 0. The van der Waals surface area contributed by atoms with Gasteiger partial charge in [-0.1, -0.05) is 24.6 Å². The van der Waals surface area contributed by atoms with E-state index in [0.717, 1.165) is 30.6 Å². The number of para-hydroxylation sites is 1. The van der Waals surface area contributed by atoms with Gasteiger partial charge < -0.3 is 10.6 Å². The van der Waals surface area contributed by atoms with Crippen LogP contribution in [-0.4, -0.2) is 18.5 Å². The summed E-state index contributed by atoms with van der Waals surface area (Å²) in [5.74, 6) is 0.0917. The fourth-order valence-corrected chi connectivity index (χ4v) is 2.01. The van der Waals surface area contributed by atoms with Crippen LogP contribution in [0.1, 0.15) is 24.8 Å². The summed E-state index contributed by atoms with van der Waals surface area (Å²) >= 11 is 0. The fraction of sp³-hybridized carbons (Fsp3) is 0.462. The molecule has 0 bridgehead atoms. The summed E-state index contributed by atoms with van der Waals surface area (Å²) in [5.41, 5.74) is 2.02. The smallest absolute Gasteiger partial charge is 0.241 e. The summed E-state index contributed by atoms with van der Waals surface area (Å²) in [6, 6.07) is 7.84. The molecule has 1 saturated heterocycles. The standard InChI is InChI=1S/C13H18N2O/c1-10-6-2-3-7-11(10)15-13(16)12-8-4-5-9-14-12/h2-3,6-7,12,14H,4-5,8-9H2,1H3,(H,15,16)/t12-/m0/s1. The Hall–Kier alpha value is -1.35. The third-order valence-corrected chi connectivity index (χ3v) is 3.03. The van der Waals surface area contributed by atoms with Crippen LogP contribution in [0.15, 0.2) is 24.3 Å². The molecule has 3 heteroatoms. The highest BCUT2D eigenvalue weighted by molar-refractivity contribution is 5.95. The monoisotopic (exact) mass is 218 g/mol. The second-order valence-electron chi connectivity index (χ2n) is 4.31. The van der Waals surface area contributed by atoms with Crippen LogP contribution < -0.4 is 10.6 Å². The van der Waals surface area contributed by atoms with E-state index in [4.69, 9.17) is 0 Å². The Balaban J connectivity index is 1.99. The molecule has 1 atom stereocenters. The van der Waals surface area contributed by atoms with Crippen molar-refractivity contribution in [2.75, 3.05) is 11.9 Å². The maximum absolute atomic E-state index is 11.9. The summed E-state index contributed by atoms with van der Waals surface area (Å²) in [6.07, 6.45) is 3.25. The summed E-state index contributed by atoms with van der Waals surface area (Å²) in [6.45, 7) is 2.95. The van der Waals surface area contributed by atoms with Crippen molar-refractivity contribution in [3.63, 3.8) is 0 Å². The van der Waals surface area contributed by atoms with Crippen molar-refractivity contribution >= 4 is 11.6 Å². The van der Waals surface area contributed by atoms with Crippen LogP contribution in [0.5, 0.6) is 0 Å². The van der Waals surface area contributed by atoms with Crippen LogP contribution in [0.25, 0.3) is 0 Å². The zero-order valence-corrected chi connectivity index (χ0v) is 9.62. The van der Waals surface area contributed by atoms with E-state index >= 15 is 0 Å². The van der Waals surface area contributed by atoms with E-state index in [0.29, 0.717) is 0 Å². The van der Waals surface area contributed by atoms with Gasteiger partial charge in [0.1, 0.15) is 0 Å². The zero-order valence-electron chi connectivity index (χ0n) is 9.62. The van der Waals surface area contributed by atoms with E-state index in [-0.39, 0.29) is 11.9 Å². The molecule has 0 saturated carbocycles. The molecule has 0 radical (unpaired) electrons. The molecule has 16 heavy (non-hydrogen) atoms. The second-order valence-corrected chi connectivity index (χ2v) is 4.31. The third-order valence-electron chi connectivity index (χ3n) is 3.03. The van der Waals surface area contributed by atoms with Crippen LogP contribution in [0, 0.1) is 6.92 Å². The Bertz CT molecular complexity index is 370. The van der Waals surface area contributed by atoms with Crippen molar-refractivity contribution in [3.05, 3.63) is 29.8 Å². The SMILES string of the molecule is Cc1ccccc1NC(=O)[C@@H]1CCCCN1. The number of carbonyl (C=O) groups is 1. The average molecular weight is 218 g/mol. The zero-order chi connectivity index (χ0) is 11.4. The van der Waals surface area contributed by atoms with E-state index < -0.39 is 0 Å². The van der Waals surface area contributed by atoms with Gasteiger partial charge in [-0.15, -0.1) is 0 Å². The van der Waals surface area contributed by atoms with Crippen molar-refractivity contribution in [3.8, 4) is 0 Å². The molecule has 1 amide bonds. The van der Waals surface area contributed by atoms with E-state index in [2.05, 4.69) is 10.6 Å². The number of hydrogen-bond acceptors (Lipinski definition) is 2. The molecule has 0 unspecified atom stereocenters. The average Bonchev–Trinajstić information content (AvgIpc) is 2.33. The lowest BCUT2D eigenvalue weighted by Crippen LogP contribution is -2.43. The van der Waals surface area contributed by atoms with Gasteiger partial charge >= 0.3 is 0 Å². The quantitative estimate of drug-likeness (QED) is 0.798.